The highest BCUT2D eigenvalue weighted by molar-refractivity contribution is 7.17. The number of hydrogen-bond donors (Lipinski definition) is 1. The van der Waals surface area contributed by atoms with Crippen LogP contribution in [0.15, 0.2) is 72.9 Å². The predicted octanol–water partition coefficient (Wildman–Crippen LogP) is 5.65. The number of amides is 1. The molecule has 2 aromatic heterocycles. The summed E-state index contributed by atoms with van der Waals surface area (Å²) in [5.41, 5.74) is 5.96. The molecular formula is C25H23N3OS. The topological polar surface area (TPSA) is 54.9 Å². The van der Waals surface area contributed by atoms with Crippen molar-refractivity contribution in [1.82, 2.24) is 15.3 Å². The Hall–Kier alpha value is -3.31. The standard InChI is InChI=1S/C25H23N3OS/c1-16-12-13-20(17(2)15-16)25-27-18(3)23(30-25)24(29)28-22(19-9-5-4-6-10-19)21-11-7-8-14-26-21/h4-15,22H,1-3H3,(H,28,29). The van der Waals surface area contributed by atoms with Gasteiger partial charge in [0.25, 0.3) is 5.91 Å². The van der Waals surface area contributed by atoms with Crippen molar-refractivity contribution >= 4 is 17.2 Å². The predicted molar refractivity (Wildman–Crippen MR) is 122 cm³/mol. The Morgan fingerprint density at radius 1 is 0.967 bits per heavy atom. The Morgan fingerprint density at radius 3 is 2.43 bits per heavy atom. The third-order valence-corrected chi connectivity index (χ3v) is 6.20. The van der Waals surface area contributed by atoms with Gasteiger partial charge in [-0.05, 0) is 44.0 Å². The molecule has 0 saturated carbocycles. The van der Waals surface area contributed by atoms with Gasteiger partial charge in [0, 0.05) is 11.8 Å². The van der Waals surface area contributed by atoms with Crippen LogP contribution in [-0.2, 0) is 0 Å². The van der Waals surface area contributed by atoms with E-state index in [9.17, 15) is 4.79 Å². The van der Waals surface area contributed by atoms with Gasteiger partial charge >= 0.3 is 0 Å². The number of nitrogens with one attached hydrogen (secondary N) is 1. The van der Waals surface area contributed by atoms with E-state index in [-0.39, 0.29) is 11.9 Å². The van der Waals surface area contributed by atoms with E-state index < -0.39 is 0 Å². The van der Waals surface area contributed by atoms with Crippen LogP contribution < -0.4 is 5.32 Å². The Balaban J connectivity index is 1.66. The number of hydrogen-bond acceptors (Lipinski definition) is 4. The maximum Gasteiger partial charge on any atom is 0.264 e. The van der Waals surface area contributed by atoms with Gasteiger partial charge in [-0.2, -0.15) is 0 Å². The molecule has 0 fully saturated rings. The van der Waals surface area contributed by atoms with Gasteiger partial charge in [-0.25, -0.2) is 4.98 Å². The first-order chi connectivity index (χ1) is 14.5. The summed E-state index contributed by atoms with van der Waals surface area (Å²) in [4.78, 5) is 23.0. The molecule has 4 nitrogen and oxygen atoms in total. The highest BCUT2D eigenvalue weighted by Crippen LogP contribution is 2.31. The number of pyridine rings is 1. The van der Waals surface area contributed by atoms with E-state index in [2.05, 4.69) is 47.3 Å². The van der Waals surface area contributed by atoms with Crippen LogP contribution in [0.3, 0.4) is 0 Å². The monoisotopic (exact) mass is 413 g/mol. The van der Waals surface area contributed by atoms with E-state index in [0.29, 0.717) is 4.88 Å². The molecule has 0 aliphatic heterocycles. The van der Waals surface area contributed by atoms with Gasteiger partial charge in [0.05, 0.1) is 17.4 Å². The van der Waals surface area contributed by atoms with Crippen molar-refractivity contribution in [2.75, 3.05) is 0 Å². The van der Waals surface area contributed by atoms with Gasteiger partial charge < -0.3 is 5.32 Å². The van der Waals surface area contributed by atoms with Gasteiger partial charge in [-0.1, -0.05) is 60.2 Å². The third-order valence-electron chi connectivity index (χ3n) is 5.01. The SMILES string of the molecule is Cc1ccc(-c2nc(C)c(C(=O)NC(c3ccccc3)c3ccccn3)s2)c(C)c1. The molecule has 0 saturated heterocycles. The zero-order chi connectivity index (χ0) is 21.1. The van der Waals surface area contributed by atoms with E-state index in [0.717, 1.165) is 33.1 Å². The van der Waals surface area contributed by atoms with Crippen molar-refractivity contribution in [3.05, 3.63) is 106 Å². The van der Waals surface area contributed by atoms with Crippen molar-refractivity contribution in [1.29, 1.82) is 0 Å². The van der Waals surface area contributed by atoms with Crippen LogP contribution in [0.25, 0.3) is 10.6 Å². The van der Waals surface area contributed by atoms with Crippen molar-refractivity contribution in [3.8, 4) is 10.6 Å². The zero-order valence-electron chi connectivity index (χ0n) is 17.2. The van der Waals surface area contributed by atoms with Crippen molar-refractivity contribution < 1.29 is 4.79 Å². The van der Waals surface area contributed by atoms with Gasteiger partial charge in [-0.3, -0.25) is 9.78 Å². The summed E-state index contributed by atoms with van der Waals surface area (Å²) in [6, 6.07) is 21.6. The Bertz CT molecular complexity index is 1130. The number of rotatable bonds is 5. The van der Waals surface area contributed by atoms with E-state index in [1.807, 2.05) is 55.5 Å². The normalized spacial score (nSPS) is 11.8. The third kappa shape index (κ3) is 4.16. The fraction of sp³-hybridized carbons (Fsp3) is 0.160. The Morgan fingerprint density at radius 2 is 1.73 bits per heavy atom. The van der Waals surface area contributed by atoms with Gasteiger partial charge in [0.15, 0.2) is 0 Å². The second kappa shape index (κ2) is 8.59. The van der Waals surface area contributed by atoms with Crippen molar-refractivity contribution in [2.45, 2.75) is 26.8 Å². The van der Waals surface area contributed by atoms with Crippen LogP contribution in [0, 0.1) is 20.8 Å². The van der Waals surface area contributed by atoms with Gasteiger partial charge in [0.1, 0.15) is 9.88 Å². The summed E-state index contributed by atoms with van der Waals surface area (Å²) >= 11 is 1.43. The highest BCUT2D eigenvalue weighted by atomic mass is 32.1. The first kappa shape index (κ1) is 20.0. The molecule has 1 amide bonds. The molecule has 2 heterocycles. The molecule has 4 rings (SSSR count). The van der Waals surface area contributed by atoms with E-state index in [1.165, 1.54) is 16.9 Å². The fourth-order valence-corrected chi connectivity index (χ4v) is 4.55. The lowest BCUT2D eigenvalue weighted by atomic mass is 10.0. The molecule has 0 bridgehead atoms. The second-order valence-corrected chi connectivity index (χ2v) is 8.32. The average molecular weight is 414 g/mol. The molecule has 1 atom stereocenters. The smallest absolute Gasteiger partial charge is 0.264 e. The first-order valence-electron chi connectivity index (χ1n) is 9.84. The molecule has 30 heavy (non-hydrogen) atoms. The Kier molecular flexibility index (Phi) is 5.72. The average Bonchev–Trinajstić information content (AvgIpc) is 3.14. The minimum Gasteiger partial charge on any atom is -0.339 e. The molecular weight excluding hydrogens is 390 g/mol. The van der Waals surface area contributed by atoms with Crippen LogP contribution in [0.5, 0.6) is 0 Å². The van der Waals surface area contributed by atoms with Crippen LogP contribution >= 0.6 is 11.3 Å². The second-order valence-electron chi connectivity index (χ2n) is 7.32. The fourth-order valence-electron chi connectivity index (χ4n) is 3.49. The molecule has 2 aromatic carbocycles. The highest BCUT2D eigenvalue weighted by Gasteiger charge is 2.22. The summed E-state index contributed by atoms with van der Waals surface area (Å²) in [7, 11) is 0. The molecule has 0 radical (unpaired) electrons. The number of carbonyl (C=O) groups excluding carboxylic acids is 1. The zero-order valence-corrected chi connectivity index (χ0v) is 18.0. The van der Waals surface area contributed by atoms with Crippen LogP contribution in [-0.4, -0.2) is 15.9 Å². The molecule has 0 aliphatic rings. The number of carbonyl (C=O) groups is 1. The number of benzene rings is 2. The summed E-state index contributed by atoms with van der Waals surface area (Å²) in [6.45, 7) is 6.03. The molecule has 4 aromatic rings. The summed E-state index contributed by atoms with van der Waals surface area (Å²) in [5, 5.41) is 4.03. The van der Waals surface area contributed by atoms with Crippen molar-refractivity contribution in [2.24, 2.45) is 0 Å². The summed E-state index contributed by atoms with van der Waals surface area (Å²) in [6.07, 6.45) is 1.74. The van der Waals surface area contributed by atoms with Crippen LogP contribution in [0.2, 0.25) is 0 Å². The van der Waals surface area contributed by atoms with E-state index >= 15 is 0 Å². The summed E-state index contributed by atoms with van der Waals surface area (Å²) < 4.78 is 0. The van der Waals surface area contributed by atoms with Crippen LogP contribution in [0.4, 0.5) is 0 Å². The number of aryl methyl sites for hydroxylation is 3. The van der Waals surface area contributed by atoms with Crippen LogP contribution in [0.1, 0.15) is 43.8 Å². The molecule has 1 N–H and O–H groups in total. The lowest BCUT2D eigenvalue weighted by molar-refractivity contribution is 0.0945. The minimum atomic E-state index is -0.328. The minimum absolute atomic E-state index is 0.138. The lowest BCUT2D eigenvalue weighted by Gasteiger charge is -2.18. The maximum absolute atomic E-state index is 13.2. The molecule has 0 spiro atoms. The number of nitrogens with zero attached hydrogens (tertiary/aromatic N) is 2. The van der Waals surface area contributed by atoms with Crippen molar-refractivity contribution in [3.63, 3.8) is 0 Å². The number of thiazole rings is 1. The largest absolute Gasteiger partial charge is 0.339 e. The molecule has 1 unspecified atom stereocenters. The van der Waals surface area contributed by atoms with Gasteiger partial charge in [0.2, 0.25) is 0 Å². The first-order valence-corrected chi connectivity index (χ1v) is 10.7. The van der Waals surface area contributed by atoms with E-state index in [4.69, 9.17) is 0 Å². The lowest BCUT2D eigenvalue weighted by Crippen LogP contribution is -2.29. The molecule has 150 valence electrons. The molecule has 0 aliphatic carbocycles. The maximum atomic E-state index is 13.2. The van der Waals surface area contributed by atoms with Gasteiger partial charge in [-0.15, -0.1) is 11.3 Å². The quantitative estimate of drug-likeness (QED) is 0.460. The van der Waals surface area contributed by atoms with E-state index in [1.54, 1.807) is 6.20 Å². The number of aromatic nitrogens is 2. The Labute approximate surface area is 180 Å². The molecule has 5 heteroatoms. The summed E-state index contributed by atoms with van der Waals surface area (Å²) in [5.74, 6) is -0.138.